The lowest BCUT2D eigenvalue weighted by Gasteiger charge is -2.12. The minimum absolute atomic E-state index is 0.143. The van der Waals surface area contributed by atoms with Gasteiger partial charge in [-0.2, -0.15) is 5.10 Å². The van der Waals surface area contributed by atoms with Crippen LogP contribution in [0.1, 0.15) is 55.7 Å². The van der Waals surface area contributed by atoms with Gasteiger partial charge in [0.15, 0.2) is 0 Å². The van der Waals surface area contributed by atoms with Crippen LogP contribution in [0.25, 0.3) is 0 Å². The lowest BCUT2D eigenvalue weighted by Crippen LogP contribution is -2.33. The third-order valence-electron chi connectivity index (χ3n) is 3.22. The van der Waals surface area contributed by atoms with E-state index in [2.05, 4.69) is 10.4 Å². The molecule has 0 aromatic carbocycles. The zero-order chi connectivity index (χ0) is 15.3. The molecular weight excluding hydrogens is 258 g/mol. The Kier molecular flexibility index (Phi) is 5.73. The Morgan fingerprint density at radius 3 is 2.55 bits per heavy atom. The van der Waals surface area contributed by atoms with E-state index in [1.165, 1.54) is 4.68 Å². The summed E-state index contributed by atoms with van der Waals surface area (Å²) in [5.74, 6) is -1.45. The number of aromatic nitrogens is 2. The summed E-state index contributed by atoms with van der Waals surface area (Å²) >= 11 is 0. The first kappa shape index (κ1) is 16.2. The number of hydrogen-bond donors (Lipinski definition) is 2. The summed E-state index contributed by atoms with van der Waals surface area (Å²) in [6.07, 6.45) is 1.33. The highest BCUT2D eigenvalue weighted by Crippen LogP contribution is 2.14. The minimum atomic E-state index is -0.875. The van der Waals surface area contributed by atoms with Gasteiger partial charge in [0.25, 0.3) is 5.91 Å². The Hall–Kier alpha value is -1.85. The van der Waals surface area contributed by atoms with Crippen LogP contribution in [-0.4, -0.2) is 33.3 Å². The number of carbonyl (C=O) groups excluding carboxylic acids is 1. The van der Waals surface area contributed by atoms with Crippen molar-refractivity contribution in [3.05, 3.63) is 17.5 Å². The van der Waals surface area contributed by atoms with Crippen molar-refractivity contribution in [3.63, 3.8) is 0 Å². The molecule has 0 saturated heterocycles. The van der Waals surface area contributed by atoms with E-state index in [1.54, 1.807) is 13.1 Å². The van der Waals surface area contributed by atoms with Crippen LogP contribution in [-0.2, 0) is 11.8 Å². The largest absolute Gasteiger partial charge is 0.481 e. The van der Waals surface area contributed by atoms with Crippen LogP contribution in [0.4, 0.5) is 0 Å². The molecule has 0 aliphatic heterocycles. The number of carbonyl (C=O) groups is 2. The molecule has 0 fully saturated rings. The number of nitrogens with zero attached hydrogens (tertiary/aromatic N) is 2. The molecule has 0 bridgehead atoms. The number of hydrogen-bond acceptors (Lipinski definition) is 3. The first-order chi connectivity index (χ1) is 9.36. The van der Waals surface area contributed by atoms with Gasteiger partial charge in [-0.25, -0.2) is 0 Å². The molecule has 1 aromatic heterocycles. The molecule has 1 aromatic rings. The quantitative estimate of drug-likeness (QED) is 0.797. The van der Waals surface area contributed by atoms with Crippen LogP contribution >= 0.6 is 0 Å². The summed E-state index contributed by atoms with van der Waals surface area (Å²) in [6.45, 7) is 6.08. The predicted molar refractivity (Wildman–Crippen MR) is 75.7 cm³/mol. The molecule has 1 amide bonds. The summed E-state index contributed by atoms with van der Waals surface area (Å²) in [5.41, 5.74) is 1.30. The molecule has 20 heavy (non-hydrogen) atoms. The zero-order valence-electron chi connectivity index (χ0n) is 12.5. The van der Waals surface area contributed by atoms with Crippen molar-refractivity contribution < 1.29 is 14.7 Å². The molecule has 112 valence electrons. The average Bonchev–Trinajstić information content (AvgIpc) is 2.76. The fourth-order valence-corrected chi connectivity index (χ4v) is 1.95. The van der Waals surface area contributed by atoms with Crippen LogP contribution in [0, 0.1) is 5.92 Å². The molecule has 1 unspecified atom stereocenters. The maximum atomic E-state index is 12.1. The molecule has 0 saturated carbocycles. The topological polar surface area (TPSA) is 84.2 Å². The van der Waals surface area contributed by atoms with Gasteiger partial charge in [-0.15, -0.1) is 0 Å². The van der Waals surface area contributed by atoms with Crippen molar-refractivity contribution in [1.29, 1.82) is 0 Å². The first-order valence-corrected chi connectivity index (χ1v) is 6.91. The standard InChI is InChI=1S/C14H23N3O3/c1-5-6-10(14(19)20)8-15-13(18)12-7-11(9(2)3)16-17(12)4/h7,9-10H,5-6,8H2,1-4H3,(H,15,18)(H,19,20). The number of carboxylic acids is 1. The molecular formula is C14H23N3O3. The van der Waals surface area contributed by atoms with E-state index in [0.29, 0.717) is 12.1 Å². The highest BCUT2D eigenvalue weighted by atomic mass is 16.4. The fourth-order valence-electron chi connectivity index (χ4n) is 1.95. The zero-order valence-corrected chi connectivity index (χ0v) is 12.5. The summed E-state index contributed by atoms with van der Waals surface area (Å²) in [6, 6.07) is 1.75. The van der Waals surface area contributed by atoms with Crippen molar-refractivity contribution in [3.8, 4) is 0 Å². The summed E-state index contributed by atoms with van der Waals surface area (Å²) < 4.78 is 1.53. The van der Waals surface area contributed by atoms with Crippen molar-refractivity contribution in [2.24, 2.45) is 13.0 Å². The van der Waals surface area contributed by atoms with Gasteiger partial charge in [0, 0.05) is 13.6 Å². The van der Waals surface area contributed by atoms with Gasteiger partial charge in [0.05, 0.1) is 11.6 Å². The van der Waals surface area contributed by atoms with Crippen LogP contribution in [0.15, 0.2) is 6.07 Å². The van der Waals surface area contributed by atoms with Crippen molar-refractivity contribution in [1.82, 2.24) is 15.1 Å². The molecule has 0 aliphatic rings. The van der Waals surface area contributed by atoms with E-state index < -0.39 is 11.9 Å². The van der Waals surface area contributed by atoms with Crippen LogP contribution < -0.4 is 5.32 Å². The van der Waals surface area contributed by atoms with Gasteiger partial charge in [0.1, 0.15) is 5.69 Å². The maximum Gasteiger partial charge on any atom is 0.308 e. The van der Waals surface area contributed by atoms with Crippen molar-refractivity contribution in [2.75, 3.05) is 6.54 Å². The van der Waals surface area contributed by atoms with Gasteiger partial charge in [0.2, 0.25) is 0 Å². The Morgan fingerprint density at radius 1 is 1.45 bits per heavy atom. The number of nitrogens with one attached hydrogen (secondary N) is 1. The van der Waals surface area contributed by atoms with Crippen LogP contribution in [0.3, 0.4) is 0 Å². The summed E-state index contributed by atoms with van der Waals surface area (Å²) in [7, 11) is 1.71. The number of rotatable bonds is 7. The fraction of sp³-hybridized carbons (Fsp3) is 0.643. The summed E-state index contributed by atoms with van der Waals surface area (Å²) in [5, 5.41) is 16.0. The van der Waals surface area contributed by atoms with Gasteiger partial charge >= 0.3 is 5.97 Å². The van der Waals surface area contributed by atoms with Crippen molar-refractivity contribution >= 4 is 11.9 Å². The molecule has 6 heteroatoms. The minimum Gasteiger partial charge on any atom is -0.481 e. The average molecular weight is 281 g/mol. The van der Waals surface area contributed by atoms with E-state index in [4.69, 9.17) is 5.11 Å². The van der Waals surface area contributed by atoms with Gasteiger partial charge in [-0.3, -0.25) is 14.3 Å². The second kappa shape index (κ2) is 7.07. The second-order valence-electron chi connectivity index (χ2n) is 5.27. The second-order valence-corrected chi connectivity index (χ2v) is 5.27. The molecule has 2 N–H and O–H groups in total. The SMILES string of the molecule is CCCC(CNC(=O)c1cc(C(C)C)nn1C)C(=O)O. The lowest BCUT2D eigenvalue weighted by molar-refractivity contribution is -0.141. The monoisotopic (exact) mass is 281 g/mol. The number of amides is 1. The van der Waals surface area contributed by atoms with Gasteiger partial charge in [-0.1, -0.05) is 27.2 Å². The highest BCUT2D eigenvalue weighted by Gasteiger charge is 2.19. The lowest BCUT2D eigenvalue weighted by atomic mass is 10.0. The van der Waals surface area contributed by atoms with Crippen LogP contribution in [0.2, 0.25) is 0 Å². The molecule has 0 radical (unpaired) electrons. The number of aryl methyl sites for hydroxylation is 1. The Labute approximate surface area is 119 Å². The third-order valence-corrected chi connectivity index (χ3v) is 3.22. The molecule has 0 spiro atoms. The molecule has 0 aliphatic carbocycles. The first-order valence-electron chi connectivity index (χ1n) is 6.91. The van der Waals surface area contributed by atoms with E-state index in [9.17, 15) is 9.59 Å². The number of aliphatic carboxylic acids is 1. The van der Waals surface area contributed by atoms with E-state index >= 15 is 0 Å². The van der Waals surface area contributed by atoms with Crippen molar-refractivity contribution in [2.45, 2.75) is 39.5 Å². The Balaban J connectivity index is 2.69. The Morgan fingerprint density at radius 2 is 2.10 bits per heavy atom. The maximum absolute atomic E-state index is 12.1. The number of carboxylic acid groups (broad SMARTS) is 1. The smallest absolute Gasteiger partial charge is 0.308 e. The Bertz CT molecular complexity index is 480. The molecule has 6 nitrogen and oxygen atoms in total. The normalized spacial score (nSPS) is 12.4. The van der Waals surface area contributed by atoms with Gasteiger partial charge in [-0.05, 0) is 18.4 Å². The third kappa shape index (κ3) is 4.08. The van der Waals surface area contributed by atoms with E-state index in [-0.39, 0.29) is 18.4 Å². The molecule has 1 heterocycles. The highest BCUT2D eigenvalue weighted by molar-refractivity contribution is 5.92. The van der Waals surface area contributed by atoms with E-state index in [1.807, 2.05) is 20.8 Å². The van der Waals surface area contributed by atoms with Crippen LogP contribution in [0.5, 0.6) is 0 Å². The van der Waals surface area contributed by atoms with E-state index in [0.717, 1.165) is 12.1 Å². The molecule has 1 rings (SSSR count). The summed E-state index contributed by atoms with van der Waals surface area (Å²) in [4.78, 5) is 23.1. The predicted octanol–water partition coefficient (Wildman–Crippen LogP) is 1.77. The molecule has 1 atom stereocenters. The van der Waals surface area contributed by atoms with Gasteiger partial charge < -0.3 is 10.4 Å².